The monoisotopic (exact) mass is 271 g/mol. The zero-order valence-corrected chi connectivity index (χ0v) is 10.3. The normalized spacial score (nSPS) is 9.80. The summed E-state index contributed by atoms with van der Waals surface area (Å²) in [6.45, 7) is -0.00663. The number of ether oxygens (including phenoxy) is 1. The smallest absolute Gasteiger partial charge is 0.338 e. The Labute approximate surface area is 114 Å². The zero-order chi connectivity index (χ0) is 14.5. The lowest BCUT2D eigenvalue weighted by Crippen LogP contribution is -2.06. The van der Waals surface area contributed by atoms with Crippen LogP contribution in [0.1, 0.15) is 21.6 Å². The van der Waals surface area contributed by atoms with Gasteiger partial charge in [-0.05, 0) is 35.9 Å². The molecule has 0 bridgehead atoms. The number of carbonyl (C=O) groups excluding carboxylic acids is 1. The number of nitriles is 1. The third-order valence-electron chi connectivity index (χ3n) is 2.54. The molecular formula is C14H10FN3O2. The second-order valence-electron chi connectivity index (χ2n) is 3.97. The van der Waals surface area contributed by atoms with Crippen LogP contribution in [0.5, 0.6) is 0 Å². The molecule has 0 amide bonds. The maximum Gasteiger partial charge on any atom is 0.338 e. The van der Waals surface area contributed by atoms with E-state index < -0.39 is 11.8 Å². The highest BCUT2D eigenvalue weighted by molar-refractivity contribution is 5.90. The van der Waals surface area contributed by atoms with Crippen molar-refractivity contribution in [3.8, 4) is 6.07 Å². The number of aromatic nitrogens is 1. The Balaban J connectivity index is 2.05. The van der Waals surface area contributed by atoms with Gasteiger partial charge in [-0.15, -0.1) is 0 Å². The first-order valence-corrected chi connectivity index (χ1v) is 5.67. The van der Waals surface area contributed by atoms with Crippen LogP contribution in [0.3, 0.4) is 0 Å². The maximum atomic E-state index is 13.0. The average molecular weight is 271 g/mol. The number of hydrogen-bond acceptors (Lipinski definition) is 5. The van der Waals surface area contributed by atoms with E-state index >= 15 is 0 Å². The molecule has 2 aromatic rings. The molecule has 2 rings (SSSR count). The summed E-state index contributed by atoms with van der Waals surface area (Å²) in [4.78, 5) is 15.6. The lowest BCUT2D eigenvalue weighted by molar-refractivity contribution is 0.0472. The summed E-state index contributed by atoms with van der Waals surface area (Å²) in [5, 5.41) is 8.70. The minimum absolute atomic E-state index is 0.00663. The molecule has 5 nitrogen and oxygen atoms in total. The molecule has 0 aliphatic carbocycles. The summed E-state index contributed by atoms with van der Waals surface area (Å²) in [6, 6.07) is 8.65. The van der Waals surface area contributed by atoms with Crippen LogP contribution in [0.4, 0.5) is 10.1 Å². The van der Waals surface area contributed by atoms with Gasteiger partial charge in [0.1, 0.15) is 24.2 Å². The van der Waals surface area contributed by atoms with Crippen LogP contribution in [-0.4, -0.2) is 11.0 Å². The number of carbonyl (C=O) groups is 1. The molecular weight excluding hydrogens is 261 g/mol. The number of hydrogen-bond donors (Lipinski definition) is 1. The van der Waals surface area contributed by atoms with Crippen molar-refractivity contribution in [2.75, 3.05) is 5.73 Å². The Morgan fingerprint density at radius 3 is 2.90 bits per heavy atom. The van der Waals surface area contributed by atoms with Crippen molar-refractivity contribution in [3.05, 3.63) is 59.2 Å². The average Bonchev–Trinajstić information content (AvgIpc) is 2.47. The van der Waals surface area contributed by atoms with E-state index in [0.29, 0.717) is 5.56 Å². The summed E-state index contributed by atoms with van der Waals surface area (Å²) < 4.78 is 18.0. The SMILES string of the molecule is N#Cc1cc(COC(=O)c2ccc(F)c(N)c2)ccn1. The highest BCUT2D eigenvalue weighted by atomic mass is 19.1. The highest BCUT2D eigenvalue weighted by Crippen LogP contribution is 2.14. The fourth-order valence-corrected chi connectivity index (χ4v) is 1.53. The fourth-order valence-electron chi connectivity index (χ4n) is 1.53. The van der Waals surface area contributed by atoms with Gasteiger partial charge in [0.05, 0.1) is 11.3 Å². The van der Waals surface area contributed by atoms with Crippen molar-refractivity contribution < 1.29 is 13.9 Å². The second kappa shape index (κ2) is 5.80. The van der Waals surface area contributed by atoms with Crippen LogP contribution in [0, 0.1) is 17.1 Å². The Bertz CT molecular complexity index is 695. The molecule has 20 heavy (non-hydrogen) atoms. The quantitative estimate of drug-likeness (QED) is 0.681. The molecule has 0 radical (unpaired) electrons. The molecule has 1 aromatic heterocycles. The van der Waals surface area contributed by atoms with Crippen molar-refractivity contribution >= 4 is 11.7 Å². The molecule has 6 heteroatoms. The molecule has 1 aromatic carbocycles. The molecule has 0 unspecified atom stereocenters. The van der Waals surface area contributed by atoms with E-state index in [9.17, 15) is 9.18 Å². The maximum absolute atomic E-state index is 13.0. The lowest BCUT2D eigenvalue weighted by Gasteiger charge is -2.06. The van der Waals surface area contributed by atoms with Gasteiger partial charge < -0.3 is 10.5 Å². The number of anilines is 1. The summed E-state index contributed by atoms with van der Waals surface area (Å²) in [5.41, 5.74) is 6.31. The lowest BCUT2D eigenvalue weighted by atomic mass is 10.2. The standard InChI is InChI=1S/C14H10FN3O2/c15-12-2-1-10(6-13(12)17)14(19)20-8-9-3-4-18-11(5-9)7-16/h1-6H,8,17H2. The topological polar surface area (TPSA) is 89.0 Å². The van der Waals surface area contributed by atoms with E-state index in [-0.39, 0.29) is 23.6 Å². The van der Waals surface area contributed by atoms with Gasteiger partial charge in [0, 0.05) is 6.20 Å². The van der Waals surface area contributed by atoms with E-state index in [1.165, 1.54) is 24.4 Å². The molecule has 0 spiro atoms. The van der Waals surface area contributed by atoms with Gasteiger partial charge in [-0.3, -0.25) is 0 Å². The summed E-state index contributed by atoms with van der Waals surface area (Å²) in [7, 11) is 0. The van der Waals surface area contributed by atoms with E-state index in [2.05, 4.69) is 4.98 Å². The summed E-state index contributed by atoms with van der Waals surface area (Å²) in [6.07, 6.45) is 1.46. The number of rotatable bonds is 3. The molecule has 0 saturated heterocycles. The van der Waals surface area contributed by atoms with Crippen molar-refractivity contribution in [1.29, 1.82) is 5.26 Å². The Morgan fingerprint density at radius 1 is 1.40 bits per heavy atom. The molecule has 1 heterocycles. The number of pyridine rings is 1. The van der Waals surface area contributed by atoms with E-state index in [0.717, 1.165) is 6.07 Å². The van der Waals surface area contributed by atoms with Crippen LogP contribution < -0.4 is 5.73 Å². The van der Waals surface area contributed by atoms with Gasteiger partial charge in [0.15, 0.2) is 0 Å². The van der Waals surface area contributed by atoms with Gasteiger partial charge in [0.25, 0.3) is 0 Å². The van der Waals surface area contributed by atoms with Gasteiger partial charge in [-0.1, -0.05) is 0 Å². The van der Waals surface area contributed by atoms with E-state index in [1.54, 1.807) is 6.07 Å². The van der Waals surface area contributed by atoms with Gasteiger partial charge in [-0.2, -0.15) is 5.26 Å². The Morgan fingerprint density at radius 2 is 2.20 bits per heavy atom. The predicted octanol–water partition coefficient (Wildman–Crippen LogP) is 2.03. The number of halogens is 1. The minimum Gasteiger partial charge on any atom is -0.457 e. The first-order chi connectivity index (χ1) is 9.60. The van der Waals surface area contributed by atoms with Crippen molar-refractivity contribution in [2.45, 2.75) is 6.61 Å². The molecule has 0 saturated carbocycles. The predicted molar refractivity (Wildman–Crippen MR) is 68.9 cm³/mol. The third kappa shape index (κ3) is 3.09. The summed E-state index contributed by atoms with van der Waals surface area (Å²) >= 11 is 0. The molecule has 0 aliphatic rings. The van der Waals surface area contributed by atoms with Crippen LogP contribution in [0.15, 0.2) is 36.5 Å². The van der Waals surface area contributed by atoms with Crippen LogP contribution >= 0.6 is 0 Å². The molecule has 0 aliphatic heterocycles. The van der Waals surface area contributed by atoms with Gasteiger partial charge >= 0.3 is 5.97 Å². The number of benzene rings is 1. The number of nitrogens with zero attached hydrogens (tertiary/aromatic N) is 2. The largest absolute Gasteiger partial charge is 0.457 e. The van der Waals surface area contributed by atoms with Crippen molar-refractivity contribution in [1.82, 2.24) is 4.98 Å². The van der Waals surface area contributed by atoms with Gasteiger partial charge in [0.2, 0.25) is 0 Å². The highest BCUT2D eigenvalue weighted by Gasteiger charge is 2.10. The number of nitrogen functional groups attached to an aromatic ring is 1. The molecule has 0 atom stereocenters. The number of esters is 1. The van der Waals surface area contributed by atoms with Crippen LogP contribution in [0.25, 0.3) is 0 Å². The summed E-state index contributed by atoms with van der Waals surface area (Å²) in [5.74, 6) is -1.21. The molecule has 0 fully saturated rings. The Hall–Kier alpha value is -2.94. The first kappa shape index (κ1) is 13.5. The second-order valence-corrected chi connectivity index (χ2v) is 3.97. The van der Waals surface area contributed by atoms with Crippen LogP contribution in [0.2, 0.25) is 0 Å². The molecule has 100 valence electrons. The minimum atomic E-state index is -0.619. The number of nitrogens with two attached hydrogens (primary N) is 1. The van der Waals surface area contributed by atoms with Crippen molar-refractivity contribution in [2.24, 2.45) is 0 Å². The van der Waals surface area contributed by atoms with Crippen LogP contribution in [-0.2, 0) is 11.3 Å². The Kier molecular flexibility index (Phi) is 3.91. The van der Waals surface area contributed by atoms with Crippen molar-refractivity contribution in [3.63, 3.8) is 0 Å². The molecule has 2 N–H and O–H groups in total. The van der Waals surface area contributed by atoms with E-state index in [1.807, 2.05) is 6.07 Å². The zero-order valence-electron chi connectivity index (χ0n) is 10.3. The third-order valence-corrected chi connectivity index (χ3v) is 2.54. The van der Waals surface area contributed by atoms with E-state index in [4.69, 9.17) is 15.7 Å². The fraction of sp³-hybridized carbons (Fsp3) is 0.0714. The van der Waals surface area contributed by atoms with Gasteiger partial charge in [-0.25, -0.2) is 14.2 Å². The first-order valence-electron chi connectivity index (χ1n) is 5.67.